The lowest BCUT2D eigenvalue weighted by molar-refractivity contribution is 0.0930. The van der Waals surface area contributed by atoms with Crippen LogP contribution in [0.4, 0.5) is 0 Å². The third kappa shape index (κ3) is 4.57. The Bertz CT molecular complexity index is 893. The number of carbonyl (C=O) groups is 1. The highest BCUT2D eigenvalue weighted by molar-refractivity contribution is 5.97. The van der Waals surface area contributed by atoms with E-state index in [0.717, 1.165) is 23.9 Å². The van der Waals surface area contributed by atoms with Gasteiger partial charge >= 0.3 is 0 Å². The average Bonchev–Trinajstić information content (AvgIpc) is 3.06. The number of nitrogens with zero attached hydrogens (tertiary/aromatic N) is 1. The van der Waals surface area contributed by atoms with Gasteiger partial charge in [-0.05, 0) is 36.6 Å². The number of amides is 1. The summed E-state index contributed by atoms with van der Waals surface area (Å²) in [4.78, 5) is 17.2. The fourth-order valence-electron chi connectivity index (χ4n) is 3.83. The van der Waals surface area contributed by atoms with Crippen molar-refractivity contribution in [3.63, 3.8) is 0 Å². The Kier molecular flexibility index (Phi) is 5.52. The molecule has 0 saturated heterocycles. The highest BCUT2D eigenvalue weighted by atomic mass is 16.3. The molecule has 0 aliphatic heterocycles. The van der Waals surface area contributed by atoms with Gasteiger partial charge < -0.3 is 9.73 Å². The van der Waals surface area contributed by atoms with Crippen molar-refractivity contribution in [3.05, 3.63) is 65.5 Å². The molecule has 1 aromatic heterocycles. The first-order valence-electron chi connectivity index (χ1n) is 10.0. The summed E-state index contributed by atoms with van der Waals surface area (Å²) in [5.74, 6) is 0.664. The lowest BCUT2D eigenvalue weighted by atomic mass is 9.96. The summed E-state index contributed by atoms with van der Waals surface area (Å²) in [7, 11) is 0. The Hall–Kier alpha value is -2.62. The molecular formula is C23H26N2O2. The van der Waals surface area contributed by atoms with Crippen molar-refractivity contribution in [1.29, 1.82) is 0 Å². The van der Waals surface area contributed by atoms with Crippen molar-refractivity contribution in [2.24, 2.45) is 0 Å². The summed E-state index contributed by atoms with van der Waals surface area (Å²) in [5.41, 5.74) is 3.27. The smallest absolute Gasteiger partial charge is 0.251 e. The largest absolute Gasteiger partial charge is 0.440 e. The van der Waals surface area contributed by atoms with Crippen LogP contribution in [0, 0.1) is 0 Å². The van der Waals surface area contributed by atoms with Gasteiger partial charge in [0, 0.05) is 18.0 Å². The molecule has 1 N–H and O–H groups in total. The lowest BCUT2D eigenvalue weighted by Gasteiger charge is -2.21. The minimum atomic E-state index is -0.0107. The van der Waals surface area contributed by atoms with Crippen LogP contribution in [-0.2, 0) is 6.42 Å². The summed E-state index contributed by atoms with van der Waals surface area (Å²) >= 11 is 0. The Labute approximate surface area is 160 Å². The molecule has 2 aromatic carbocycles. The molecule has 27 heavy (non-hydrogen) atoms. The van der Waals surface area contributed by atoms with E-state index in [0.29, 0.717) is 23.5 Å². The third-order valence-electron chi connectivity index (χ3n) is 5.33. The second-order valence-electron chi connectivity index (χ2n) is 7.47. The molecule has 1 aliphatic carbocycles. The van der Waals surface area contributed by atoms with Crippen LogP contribution in [0.15, 0.2) is 52.9 Å². The topological polar surface area (TPSA) is 55.1 Å². The Morgan fingerprint density at radius 2 is 1.74 bits per heavy atom. The molecule has 1 fully saturated rings. The van der Waals surface area contributed by atoms with E-state index in [-0.39, 0.29) is 11.9 Å². The van der Waals surface area contributed by atoms with Crippen LogP contribution in [0.3, 0.4) is 0 Å². The number of nitrogens with one attached hydrogen (secondary N) is 1. The van der Waals surface area contributed by atoms with E-state index < -0.39 is 0 Å². The molecule has 140 valence electrons. The minimum absolute atomic E-state index is 0.0107. The van der Waals surface area contributed by atoms with Crippen LogP contribution in [0.2, 0.25) is 0 Å². The number of hydrogen-bond donors (Lipinski definition) is 1. The summed E-state index contributed by atoms with van der Waals surface area (Å²) in [6.07, 6.45) is 9.10. The predicted octanol–water partition coefficient (Wildman–Crippen LogP) is 5.26. The van der Waals surface area contributed by atoms with Crippen LogP contribution in [-0.4, -0.2) is 16.9 Å². The van der Waals surface area contributed by atoms with Crippen LogP contribution >= 0.6 is 0 Å². The van der Waals surface area contributed by atoms with Gasteiger partial charge in [-0.3, -0.25) is 4.79 Å². The van der Waals surface area contributed by atoms with Crippen LogP contribution in [0.1, 0.15) is 66.8 Å². The molecule has 0 spiro atoms. The molecule has 3 aromatic rings. The van der Waals surface area contributed by atoms with E-state index in [1.807, 2.05) is 36.4 Å². The molecule has 0 unspecified atom stereocenters. The number of fused-ring (bicyclic) bond motifs is 1. The van der Waals surface area contributed by atoms with Crippen molar-refractivity contribution in [3.8, 4) is 0 Å². The minimum Gasteiger partial charge on any atom is -0.440 e. The second-order valence-corrected chi connectivity index (χ2v) is 7.47. The third-order valence-corrected chi connectivity index (χ3v) is 5.33. The van der Waals surface area contributed by atoms with Crippen LogP contribution < -0.4 is 5.32 Å². The Morgan fingerprint density at radius 3 is 2.52 bits per heavy atom. The molecule has 1 heterocycles. The van der Waals surface area contributed by atoms with E-state index in [1.165, 1.54) is 32.1 Å². The number of carbonyl (C=O) groups excluding carboxylic acids is 1. The van der Waals surface area contributed by atoms with Crippen LogP contribution in [0.5, 0.6) is 0 Å². The first kappa shape index (κ1) is 17.8. The first-order valence-corrected chi connectivity index (χ1v) is 10.0. The standard InChI is InChI=1S/C23H26N2O2/c26-23(24-19-11-7-2-1-3-8-12-19)18-13-14-20-21(16-18)27-22(25-20)15-17-9-5-4-6-10-17/h4-6,9-10,13-14,16,19H,1-3,7-8,11-12,15H2,(H,24,26). The highest BCUT2D eigenvalue weighted by Gasteiger charge is 2.16. The number of benzene rings is 2. The summed E-state index contributed by atoms with van der Waals surface area (Å²) < 4.78 is 5.90. The van der Waals surface area contributed by atoms with Crippen molar-refractivity contribution < 1.29 is 9.21 Å². The van der Waals surface area contributed by atoms with Gasteiger partial charge in [-0.1, -0.05) is 62.4 Å². The maximum atomic E-state index is 12.7. The first-order chi connectivity index (χ1) is 13.3. The van der Waals surface area contributed by atoms with Gasteiger partial charge in [-0.25, -0.2) is 4.98 Å². The van der Waals surface area contributed by atoms with Gasteiger partial charge in [-0.2, -0.15) is 0 Å². The Balaban J connectivity index is 1.46. The van der Waals surface area contributed by atoms with Gasteiger partial charge in [0.2, 0.25) is 0 Å². The maximum absolute atomic E-state index is 12.7. The monoisotopic (exact) mass is 362 g/mol. The van der Waals surface area contributed by atoms with Gasteiger partial charge in [0.25, 0.3) is 5.91 Å². The van der Waals surface area contributed by atoms with Crippen molar-refractivity contribution in [2.45, 2.75) is 57.4 Å². The number of hydrogen-bond acceptors (Lipinski definition) is 3. The molecule has 4 heteroatoms. The zero-order valence-electron chi connectivity index (χ0n) is 15.6. The fraction of sp³-hybridized carbons (Fsp3) is 0.391. The highest BCUT2D eigenvalue weighted by Crippen LogP contribution is 2.21. The lowest BCUT2D eigenvalue weighted by Crippen LogP contribution is -2.35. The molecule has 0 bridgehead atoms. The molecule has 0 radical (unpaired) electrons. The molecule has 1 aliphatic rings. The molecule has 4 rings (SSSR count). The van der Waals surface area contributed by atoms with E-state index in [2.05, 4.69) is 22.4 Å². The summed E-state index contributed by atoms with van der Waals surface area (Å²) in [6, 6.07) is 16.0. The SMILES string of the molecule is O=C(NC1CCCCCCC1)c1ccc2nc(Cc3ccccc3)oc2c1. The van der Waals surface area contributed by atoms with E-state index >= 15 is 0 Å². The van der Waals surface area contributed by atoms with E-state index in [1.54, 1.807) is 0 Å². The molecule has 4 nitrogen and oxygen atoms in total. The van der Waals surface area contributed by atoms with E-state index in [4.69, 9.17) is 4.42 Å². The zero-order valence-corrected chi connectivity index (χ0v) is 15.6. The molecule has 1 saturated carbocycles. The summed E-state index contributed by atoms with van der Waals surface area (Å²) in [5, 5.41) is 3.21. The van der Waals surface area contributed by atoms with Gasteiger partial charge in [0.15, 0.2) is 11.5 Å². The summed E-state index contributed by atoms with van der Waals surface area (Å²) in [6.45, 7) is 0. The molecule has 0 atom stereocenters. The molecular weight excluding hydrogens is 336 g/mol. The quantitative estimate of drug-likeness (QED) is 0.688. The van der Waals surface area contributed by atoms with Crippen molar-refractivity contribution >= 4 is 17.0 Å². The van der Waals surface area contributed by atoms with Gasteiger partial charge in [-0.15, -0.1) is 0 Å². The van der Waals surface area contributed by atoms with Crippen molar-refractivity contribution in [2.75, 3.05) is 0 Å². The average molecular weight is 362 g/mol. The number of oxazole rings is 1. The van der Waals surface area contributed by atoms with Gasteiger partial charge in [0.1, 0.15) is 5.52 Å². The van der Waals surface area contributed by atoms with E-state index in [9.17, 15) is 4.79 Å². The Morgan fingerprint density at radius 1 is 1.00 bits per heavy atom. The maximum Gasteiger partial charge on any atom is 0.251 e. The number of rotatable bonds is 4. The van der Waals surface area contributed by atoms with Crippen LogP contribution in [0.25, 0.3) is 11.1 Å². The molecule has 1 amide bonds. The fourth-order valence-corrected chi connectivity index (χ4v) is 3.83. The second kappa shape index (κ2) is 8.38. The predicted molar refractivity (Wildman–Crippen MR) is 107 cm³/mol. The number of aromatic nitrogens is 1. The normalized spacial score (nSPS) is 16.0. The van der Waals surface area contributed by atoms with Crippen molar-refractivity contribution in [1.82, 2.24) is 10.3 Å². The van der Waals surface area contributed by atoms with Gasteiger partial charge in [0.05, 0.1) is 0 Å². The zero-order chi connectivity index (χ0) is 18.5.